The van der Waals surface area contributed by atoms with Crippen molar-refractivity contribution in [2.45, 2.75) is 25.2 Å². The van der Waals surface area contributed by atoms with Gasteiger partial charge >= 0.3 is 0 Å². The summed E-state index contributed by atoms with van der Waals surface area (Å²) >= 11 is 0. The summed E-state index contributed by atoms with van der Waals surface area (Å²) in [6, 6.07) is 12.3. The van der Waals surface area contributed by atoms with Crippen LogP contribution in [0, 0.1) is 10.1 Å². The van der Waals surface area contributed by atoms with Crippen LogP contribution in [0.3, 0.4) is 0 Å². The molecule has 0 atom stereocenters. The van der Waals surface area contributed by atoms with E-state index in [0.29, 0.717) is 12.3 Å². The third-order valence-electron chi connectivity index (χ3n) is 5.14. The molecule has 28 heavy (non-hydrogen) atoms. The molecule has 0 amide bonds. The second kappa shape index (κ2) is 6.26. The maximum Gasteiger partial charge on any atom is 0.269 e. The van der Waals surface area contributed by atoms with Crippen molar-refractivity contribution in [3.8, 4) is 5.75 Å². The van der Waals surface area contributed by atoms with Crippen molar-refractivity contribution in [1.29, 1.82) is 0 Å². The molecule has 8 nitrogen and oxygen atoms in total. The molecule has 1 fully saturated rings. The van der Waals surface area contributed by atoms with Gasteiger partial charge in [-0.25, -0.2) is 4.68 Å². The number of non-ortho nitro benzene ring substituents is 1. The van der Waals surface area contributed by atoms with Gasteiger partial charge in [0.1, 0.15) is 5.75 Å². The van der Waals surface area contributed by atoms with Crippen LogP contribution in [0.5, 0.6) is 5.75 Å². The molecule has 3 aromatic rings. The molecular formula is C20H17N5O3. The van der Waals surface area contributed by atoms with Gasteiger partial charge in [0.25, 0.3) is 5.69 Å². The van der Waals surface area contributed by atoms with Crippen molar-refractivity contribution in [3.05, 3.63) is 80.9 Å². The average molecular weight is 375 g/mol. The highest BCUT2D eigenvalue weighted by Crippen LogP contribution is 2.40. The van der Waals surface area contributed by atoms with Gasteiger partial charge in [-0.15, -0.1) is 10.2 Å². The first-order valence-corrected chi connectivity index (χ1v) is 9.09. The zero-order valence-corrected chi connectivity index (χ0v) is 15.2. The van der Waals surface area contributed by atoms with Crippen LogP contribution in [-0.2, 0) is 6.42 Å². The Balaban J connectivity index is 1.71. The smallest absolute Gasteiger partial charge is 0.269 e. The second-order valence-electron chi connectivity index (χ2n) is 7.01. The van der Waals surface area contributed by atoms with E-state index in [1.165, 1.54) is 12.1 Å². The van der Waals surface area contributed by atoms with Crippen molar-refractivity contribution in [1.82, 2.24) is 14.9 Å². The van der Waals surface area contributed by atoms with Gasteiger partial charge in [-0.05, 0) is 42.7 Å². The van der Waals surface area contributed by atoms with Crippen molar-refractivity contribution in [3.63, 3.8) is 0 Å². The van der Waals surface area contributed by atoms with Crippen LogP contribution in [0.2, 0.25) is 0 Å². The van der Waals surface area contributed by atoms with E-state index < -0.39 is 4.92 Å². The minimum atomic E-state index is -0.404. The molecule has 2 heterocycles. The molecule has 8 heteroatoms. The third kappa shape index (κ3) is 2.74. The highest BCUT2D eigenvalue weighted by molar-refractivity contribution is 6.14. The van der Waals surface area contributed by atoms with Gasteiger partial charge in [0.15, 0.2) is 11.6 Å². The maximum absolute atomic E-state index is 11.0. The summed E-state index contributed by atoms with van der Waals surface area (Å²) in [5.41, 5.74) is 3.56. The number of benzene rings is 2. The second-order valence-corrected chi connectivity index (χ2v) is 7.01. The van der Waals surface area contributed by atoms with Crippen LogP contribution in [0.15, 0.2) is 47.6 Å². The molecule has 0 spiro atoms. The normalized spacial score (nSPS) is 15.2. The number of rotatable bonds is 4. The fraction of sp³-hybridized carbons (Fsp3) is 0.250. The minimum Gasteiger partial charge on any atom is -0.497 e. The topological polar surface area (TPSA) is 95.4 Å². The first-order valence-electron chi connectivity index (χ1n) is 9.09. The van der Waals surface area contributed by atoms with Crippen LogP contribution in [0.1, 0.15) is 47.1 Å². The SMILES string of the molecule is COc1ccc2c(c1)C(c1ccc([N+](=O)[O-])cc1)=Nn1c(nnc1C1CC1)C2. The van der Waals surface area contributed by atoms with Crippen molar-refractivity contribution in [2.75, 3.05) is 7.11 Å². The number of aromatic nitrogens is 3. The number of hydrogen-bond acceptors (Lipinski definition) is 6. The number of methoxy groups -OCH3 is 1. The predicted molar refractivity (Wildman–Crippen MR) is 102 cm³/mol. The number of nitro groups is 1. The van der Waals surface area contributed by atoms with Crippen LogP contribution in [-0.4, -0.2) is 32.6 Å². The zero-order valence-electron chi connectivity index (χ0n) is 15.2. The van der Waals surface area contributed by atoms with Crippen LogP contribution in [0.4, 0.5) is 5.69 Å². The largest absolute Gasteiger partial charge is 0.497 e. The Hall–Kier alpha value is -3.55. The fourth-order valence-corrected chi connectivity index (χ4v) is 3.48. The minimum absolute atomic E-state index is 0.0486. The molecule has 0 saturated heterocycles. The summed E-state index contributed by atoms with van der Waals surface area (Å²) in [5, 5.41) is 24.7. The molecule has 0 radical (unpaired) electrons. The highest BCUT2D eigenvalue weighted by atomic mass is 16.6. The third-order valence-corrected chi connectivity index (χ3v) is 5.14. The highest BCUT2D eigenvalue weighted by Gasteiger charge is 2.32. The Morgan fingerprint density at radius 3 is 2.61 bits per heavy atom. The number of hydrogen-bond donors (Lipinski definition) is 0. The summed E-state index contributed by atoms with van der Waals surface area (Å²) in [6.07, 6.45) is 2.81. The van der Waals surface area contributed by atoms with Crippen molar-refractivity contribution < 1.29 is 9.66 Å². The summed E-state index contributed by atoms with van der Waals surface area (Å²) in [5.74, 6) is 2.81. The predicted octanol–water partition coefficient (Wildman–Crippen LogP) is 3.28. The summed E-state index contributed by atoms with van der Waals surface area (Å²) in [7, 11) is 1.63. The first kappa shape index (κ1) is 16.6. The van der Waals surface area contributed by atoms with Crippen molar-refractivity contribution in [2.24, 2.45) is 5.10 Å². The number of nitro benzene ring substituents is 1. The first-order chi connectivity index (χ1) is 13.6. The van der Waals surface area contributed by atoms with E-state index in [0.717, 1.165) is 52.6 Å². The molecule has 0 bridgehead atoms. The molecule has 5 rings (SSSR count). The van der Waals surface area contributed by atoms with E-state index in [1.807, 2.05) is 22.9 Å². The Kier molecular flexibility index (Phi) is 3.71. The quantitative estimate of drug-likeness (QED) is 0.403. The standard InChI is InChI=1S/C20H17N5O3/c1-28-16-9-6-14-10-18-21-22-20(13-2-3-13)24(18)23-19(17(14)11-16)12-4-7-15(8-5-12)25(26)27/h4-9,11,13H,2-3,10H2,1H3. The molecule has 0 N–H and O–H groups in total. The lowest BCUT2D eigenvalue weighted by atomic mass is 9.95. The monoisotopic (exact) mass is 375 g/mol. The van der Waals surface area contributed by atoms with Gasteiger partial charge in [0.2, 0.25) is 0 Å². The fourth-order valence-electron chi connectivity index (χ4n) is 3.48. The number of ether oxygens (including phenoxy) is 1. The van der Waals surface area contributed by atoms with Gasteiger partial charge in [-0.2, -0.15) is 5.10 Å². The molecule has 1 aliphatic carbocycles. The lowest BCUT2D eigenvalue weighted by molar-refractivity contribution is -0.384. The van der Waals surface area contributed by atoms with E-state index >= 15 is 0 Å². The molecule has 2 aliphatic rings. The molecule has 1 aromatic heterocycles. The zero-order chi connectivity index (χ0) is 19.3. The Morgan fingerprint density at radius 1 is 1.14 bits per heavy atom. The molecule has 1 saturated carbocycles. The molecule has 1 aliphatic heterocycles. The van der Waals surface area contributed by atoms with Gasteiger partial charge in [-0.1, -0.05) is 6.07 Å². The van der Waals surface area contributed by atoms with Gasteiger partial charge < -0.3 is 4.74 Å². The Bertz CT molecular complexity index is 1110. The van der Waals surface area contributed by atoms with E-state index in [4.69, 9.17) is 9.84 Å². The van der Waals surface area contributed by atoms with Gasteiger partial charge in [0, 0.05) is 35.6 Å². The van der Waals surface area contributed by atoms with E-state index in [2.05, 4.69) is 10.2 Å². The van der Waals surface area contributed by atoms with E-state index in [-0.39, 0.29) is 5.69 Å². The van der Waals surface area contributed by atoms with Gasteiger partial charge in [-0.3, -0.25) is 10.1 Å². The molecular weight excluding hydrogens is 358 g/mol. The van der Waals surface area contributed by atoms with Crippen LogP contribution in [0.25, 0.3) is 0 Å². The van der Waals surface area contributed by atoms with E-state index in [1.54, 1.807) is 19.2 Å². The Labute approximate surface area is 160 Å². The van der Waals surface area contributed by atoms with Crippen LogP contribution >= 0.6 is 0 Å². The van der Waals surface area contributed by atoms with Crippen molar-refractivity contribution >= 4 is 11.4 Å². The molecule has 0 unspecified atom stereocenters. The molecule has 2 aromatic carbocycles. The number of fused-ring (bicyclic) bond motifs is 2. The summed E-state index contributed by atoms with van der Waals surface area (Å²) in [6.45, 7) is 0. The maximum atomic E-state index is 11.0. The number of nitrogens with zero attached hydrogens (tertiary/aromatic N) is 5. The summed E-state index contributed by atoms with van der Waals surface area (Å²) < 4.78 is 7.26. The van der Waals surface area contributed by atoms with E-state index in [9.17, 15) is 10.1 Å². The lowest BCUT2D eigenvalue weighted by Gasteiger charge is -2.11. The average Bonchev–Trinajstić information content (AvgIpc) is 3.51. The molecule has 140 valence electrons. The lowest BCUT2D eigenvalue weighted by Crippen LogP contribution is -2.08. The summed E-state index contributed by atoms with van der Waals surface area (Å²) in [4.78, 5) is 10.6. The Morgan fingerprint density at radius 2 is 1.93 bits per heavy atom. The van der Waals surface area contributed by atoms with Crippen LogP contribution < -0.4 is 4.74 Å². The van der Waals surface area contributed by atoms with Gasteiger partial charge in [0.05, 0.1) is 17.7 Å².